The van der Waals surface area contributed by atoms with Crippen molar-refractivity contribution in [3.05, 3.63) is 52.5 Å². The molecule has 0 fully saturated rings. The van der Waals surface area contributed by atoms with Crippen molar-refractivity contribution in [3.8, 4) is 11.5 Å². The van der Waals surface area contributed by atoms with Gasteiger partial charge >= 0.3 is 0 Å². The summed E-state index contributed by atoms with van der Waals surface area (Å²) in [5.74, 6) is 0.0513. The maximum absolute atomic E-state index is 12.3. The van der Waals surface area contributed by atoms with Crippen LogP contribution in [0.2, 0.25) is 5.02 Å². The zero-order valence-corrected chi connectivity index (χ0v) is 16.6. The number of rotatable bonds is 3. The van der Waals surface area contributed by atoms with Crippen molar-refractivity contribution in [1.82, 2.24) is 5.32 Å². The molecule has 0 heterocycles. The van der Waals surface area contributed by atoms with Crippen molar-refractivity contribution in [2.24, 2.45) is 0 Å². The summed E-state index contributed by atoms with van der Waals surface area (Å²) in [5.41, 5.74) is 1.49. The number of benzene rings is 2. The van der Waals surface area contributed by atoms with Crippen LogP contribution in [0.3, 0.4) is 0 Å². The number of anilines is 1. The molecule has 2 rings (SSSR count). The molecule has 2 aromatic carbocycles. The number of ether oxygens (including phenoxy) is 1. The molecule has 26 heavy (non-hydrogen) atoms. The first kappa shape index (κ1) is 20.0. The van der Waals surface area contributed by atoms with Crippen molar-refractivity contribution >= 4 is 40.5 Å². The summed E-state index contributed by atoms with van der Waals surface area (Å²) in [7, 11) is 1.53. The van der Waals surface area contributed by atoms with E-state index in [9.17, 15) is 9.90 Å². The van der Waals surface area contributed by atoms with Crippen LogP contribution in [-0.4, -0.2) is 23.2 Å². The highest BCUT2D eigenvalue weighted by Gasteiger charge is 2.19. The van der Waals surface area contributed by atoms with Crippen molar-refractivity contribution in [2.75, 3.05) is 12.4 Å². The van der Waals surface area contributed by atoms with Crippen LogP contribution in [0.25, 0.3) is 0 Å². The predicted octanol–water partition coefficient (Wildman–Crippen LogP) is 4.48. The van der Waals surface area contributed by atoms with Crippen LogP contribution < -0.4 is 15.4 Å². The second kappa shape index (κ2) is 7.93. The van der Waals surface area contributed by atoms with E-state index in [0.29, 0.717) is 17.0 Å². The van der Waals surface area contributed by atoms with Crippen LogP contribution >= 0.6 is 23.8 Å². The molecule has 5 nitrogen and oxygen atoms in total. The van der Waals surface area contributed by atoms with Crippen LogP contribution in [0.4, 0.5) is 5.69 Å². The van der Waals surface area contributed by atoms with Crippen LogP contribution in [0.5, 0.6) is 11.5 Å². The van der Waals surface area contributed by atoms with Crippen molar-refractivity contribution < 1.29 is 14.6 Å². The predicted molar refractivity (Wildman–Crippen MR) is 108 cm³/mol. The van der Waals surface area contributed by atoms with Gasteiger partial charge in [-0.15, -0.1) is 0 Å². The van der Waals surface area contributed by atoms with Gasteiger partial charge in [0.2, 0.25) is 0 Å². The molecule has 0 spiro atoms. The Balaban J connectivity index is 2.17. The average molecular weight is 393 g/mol. The lowest BCUT2D eigenvalue weighted by molar-refractivity contribution is 0.0977. The van der Waals surface area contributed by atoms with Gasteiger partial charge in [0.15, 0.2) is 10.9 Å². The van der Waals surface area contributed by atoms with Gasteiger partial charge in [-0.2, -0.15) is 0 Å². The number of phenolic OH excluding ortho intramolecular Hbond substituents is 1. The van der Waals surface area contributed by atoms with Crippen molar-refractivity contribution in [2.45, 2.75) is 26.2 Å². The topological polar surface area (TPSA) is 70.6 Å². The monoisotopic (exact) mass is 392 g/mol. The minimum Gasteiger partial charge on any atom is -0.504 e. The molecule has 0 radical (unpaired) electrons. The molecule has 2 aromatic rings. The molecule has 0 aliphatic carbocycles. The second-order valence-corrected chi connectivity index (χ2v) is 7.56. The Labute approximate surface area is 163 Å². The highest BCUT2D eigenvalue weighted by atomic mass is 35.5. The first-order valence-electron chi connectivity index (χ1n) is 7.91. The summed E-state index contributed by atoms with van der Waals surface area (Å²) in [4.78, 5) is 12.3. The molecule has 0 atom stereocenters. The third kappa shape index (κ3) is 4.86. The van der Waals surface area contributed by atoms with E-state index in [4.69, 9.17) is 28.6 Å². The van der Waals surface area contributed by atoms with E-state index in [1.807, 2.05) is 20.8 Å². The lowest BCUT2D eigenvalue weighted by Crippen LogP contribution is -2.34. The maximum Gasteiger partial charge on any atom is 0.257 e. The summed E-state index contributed by atoms with van der Waals surface area (Å²) in [6.07, 6.45) is 0. The first-order valence-corrected chi connectivity index (χ1v) is 8.70. The molecule has 138 valence electrons. The van der Waals surface area contributed by atoms with E-state index in [1.54, 1.807) is 36.4 Å². The van der Waals surface area contributed by atoms with E-state index in [1.165, 1.54) is 7.11 Å². The van der Waals surface area contributed by atoms with E-state index >= 15 is 0 Å². The number of carbonyl (C=O) groups excluding carboxylic acids is 1. The standard InChI is InChI=1S/C19H21ClN2O3S/c1-19(2,3)12-9-14(20)16(23)15(10-12)21-18(26)22-17(24)11-6-5-7-13(8-11)25-4/h5-10,23H,1-4H3,(H2,21,22,24,26). The Morgan fingerprint density at radius 2 is 1.92 bits per heavy atom. The SMILES string of the molecule is COc1cccc(C(=O)NC(=S)Nc2cc(C(C)(C)C)cc(Cl)c2O)c1. The number of amides is 1. The van der Waals surface area contributed by atoms with Crippen LogP contribution in [0.1, 0.15) is 36.7 Å². The average Bonchev–Trinajstić information content (AvgIpc) is 2.57. The zero-order valence-electron chi connectivity index (χ0n) is 15.0. The lowest BCUT2D eigenvalue weighted by Gasteiger charge is -2.21. The number of aromatic hydroxyl groups is 1. The minimum atomic E-state index is -0.390. The fourth-order valence-electron chi connectivity index (χ4n) is 2.22. The normalized spacial score (nSPS) is 11.0. The highest BCUT2D eigenvalue weighted by molar-refractivity contribution is 7.80. The largest absolute Gasteiger partial charge is 0.504 e. The fraction of sp³-hybridized carbons (Fsp3) is 0.263. The van der Waals surface area contributed by atoms with E-state index in [2.05, 4.69) is 10.6 Å². The van der Waals surface area contributed by atoms with Gasteiger partial charge in [-0.1, -0.05) is 38.4 Å². The number of nitrogens with one attached hydrogen (secondary N) is 2. The number of phenols is 1. The third-order valence-corrected chi connectivity index (χ3v) is 4.23. The number of carbonyl (C=O) groups is 1. The van der Waals surface area contributed by atoms with Gasteiger partial charge < -0.3 is 15.2 Å². The smallest absolute Gasteiger partial charge is 0.257 e. The summed E-state index contributed by atoms with van der Waals surface area (Å²) >= 11 is 11.3. The molecule has 0 bridgehead atoms. The molecule has 0 unspecified atom stereocenters. The Bertz CT molecular complexity index is 847. The zero-order chi connectivity index (χ0) is 19.5. The van der Waals surface area contributed by atoms with Crippen LogP contribution in [0.15, 0.2) is 36.4 Å². The Morgan fingerprint density at radius 1 is 1.23 bits per heavy atom. The van der Waals surface area contributed by atoms with Gasteiger partial charge in [0.1, 0.15) is 5.75 Å². The van der Waals surface area contributed by atoms with Gasteiger partial charge in [0, 0.05) is 5.56 Å². The number of hydrogen-bond acceptors (Lipinski definition) is 4. The van der Waals surface area contributed by atoms with E-state index < -0.39 is 0 Å². The fourth-order valence-corrected chi connectivity index (χ4v) is 2.64. The number of thiocarbonyl (C=S) groups is 1. The van der Waals surface area contributed by atoms with Gasteiger partial charge in [0.25, 0.3) is 5.91 Å². The van der Waals surface area contributed by atoms with Gasteiger partial charge in [-0.05, 0) is 53.5 Å². The van der Waals surface area contributed by atoms with E-state index in [0.717, 1.165) is 5.56 Å². The van der Waals surface area contributed by atoms with Crippen molar-refractivity contribution in [1.29, 1.82) is 0 Å². The minimum absolute atomic E-state index is 0.0512. The number of methoxy groups -OCH3 is 1. The summed E-state index contributed by atoms with van der Waals surface area (Å²) in [6.45, 7) is 6.09. The second-order valence-electron chi connectivity index (χ2n) is 6.74. The quantitative estimate of drug-likeness (QED) is 0.530. The first-order chi connectivity index (χ1) is 12.1. The van der Waals surface area contributed by atoms with Gasteiger partial charge in [0.05, 0.1) is 17.8 Å². The van der Waals surface area contributed by atoms with Crippen LogP contribution in [-0.2, 0) is 5.41 Å². The van der Waals surface area contributed by atoms with Crippen molar-refractivity contribution in [3.63, 3.8) is 0 Å². The maximum atomic E-state index is 12.3. The third-order valence-electron chi connectivity index (χ3n) is 3.74. The molecule has 0 aliphatic heterocycles. The number of hydrogen-bond donors (Lipinski definition) is 3. The highest BCUT2D eigenvalue weighted by Crippen LogP contribution is 2.37. The molecule has 7 heteroatoms. The van der Waals surface area contributed by atoms with Gasteiger partial charge in [-0.3, -0.25) is 10.1 Å². The van der Waals surface area contributed by atoms with Crippen LogP contribution in [0, 0.1) is 0 Å². The molecule has 3 N–H and O–H groups in total. The summed E-state index contributed by atoms with van der Waals surface area (Å²) in [5, 5.41) is 15.8. The molecule has 1 amide bonds. The lowest BCUT2D eigenvalue weighted by atomic mass is 9.87. The van der Waals surface area contributed by atoms with Gasteiger partial charge in [-0.25, -0.2) is 0 Å². The molecule has 0 saturated heterocycles. The molecule has 0 saturated carbocycles. The molecule has 0 aliphatic rings. The summed E-state index contributed by atoms with van der Waals surface area (Å²) < 4.78 is 5.10. The number of halogens is 1. The van der Waals surface area contributed by atoms with E-state index in [-0.39, 0.29) is 27.2 Å². The summed E-state index contributed by atoms with van der Waals surface area (Å²) in [6, 6.07) is 10.2. The molecular formula is C19H21ClN2O3S. The molecular weight excluding hydrogens is 372 g/mol. The Morgan fingerprint density at radius 3 is 2.54 bits per heavy atom. The Hall–Kier alpha value is -2.31. The molecule has 0 aromatic heterocycles. The Kier molecular flexibility index (Phi) is 6.10.